The number of primary sulfonamides is 1. The second kappa shape index (κ2) is 3.99. The average molecular weight is 302 g/mol. The molecule has 0 saturated heterocycles. The molecule has 0 fully saturated rings. The largest absolute Gasteiger partial charge is 0.396 e. The quantitative estimate of drug-likeness (QED) is 0.851. The first-order valence-corrected chi connectivity index (χ1v) is 5.84. The molecule has 4 N–H and O–H groups in total. The summed E-state index contributed by atoms with van der Waals surface area (Å²) in [6.07, 6.45) is -2.97. The van der Waals surface area contributed by atoms with Crippen molar-refractivity contribution in [3.8, 4) is 0 Å². The van der Waals surface area contributed by atoms with Crippen LogP contribution < -0.4 is 10.9 Å². The van der Waals surface area contributed by atoms with E-state index in [-0.39, 0.29) is 10.2 Å². The van der Waals surface area contributed by atoms with Crippen molar-refractivity contribution in [3.63, 3.8) is 0 Å². The van der Waals surface area contributed by atoms with Crippen LogP contribution in [0.15, 0.2) is 15.6 Å². The van der Waals surface area contributed by atoms with Gasteiger partial charge < -0.3 is 5.73 Å². The number of pyridine rings is 1. The number of nitrogens with two attached hydrogens (primary N) is 2. The summed E-state index contributed by atoms with van der Waals surface area (Å²) in [5.41, 5.74) is 4.15. The Labute approximate surface area is 92.7 Å². The van der Waals surface area contributed by atoms with Gasteiger partial charge in [-0.3, -0.25) is 0 Å². The van der Waals surface area contributed by atoms with Gasteiger partial charge in [0, 0.05) is 4.47 Å². The predicted molar refractivity (Wildman–Crippen MR) is 52.7 cm³/mol. The number of anilines is 1. The lowest BCUT2D eigenvalue weighted by Gasteiger charge is -2.07. The van der Waals surface area contributed by atoms with Gasteiger partial charge in [0.05, 0.1) is 5.69 Å². The van der Waals surface area contributed by atoms with Gasteiger partial charge in [0.15, 0.2) is 5.03 Å². The zero-order valence-corrected chi connectivity index (χ0v) is 9.52. The highest BCUT2D eigenvalue weighted by molar-refractivity contribution is 9.10. The number of halogens is 3. The zero-order chi connectivity index (χ0) is 11.8. The van der Waals surface area contributed by atoms with E-state index in [0.717, 1.165) is 6.07 Å². The Kier molecular flexibility index (Phi) is 3.26. The molecule has 1 rings (SSSR count). The van der Waals surface area contributed by atoms with E-state index in [1.165, 1.54) is 0 Å². The van der Waals surface area contributed by atoms with Crippen molar-refractivity contribution in [1.29, 1.82) is 0 Å². The first kappa shape index (κ1) is 12.3. The van der Waals surface area contributed by atoms with Gasteiger partial charge in [-0.2, -0.15) is 0 Å². The number of aromatic nitrogens is 1. The van der Waals surface area contributed by atoms with Gasteiger partial charge >= 0.3 is 0 Å². The van der Waals surface area contributed by atoms with Crippen LogP contribution in [-0.2, 0) is 10.0 Å². The van der Waals surface area contributed by atoms with Crippen molar-refractivity contribution in [1.82, 2.24) is 4.98 Å². The number of nitrogen functional groups attached to an aromatic ring is 1. The highest BCUT2D eigenvalue weighted by Gasteiger charge is 2.20. The summed E-state index contributed by atoms with van der Waals surface area (Å²) in [5, 5.41) is 4.09. The van der Waals surface area contributed by atoms with E-state index < -0.39 is 27.2 Å². The molecule has 9 heteroatoms. The summed E-state index contributed by atoms with van der Waals surface area (Å²) >= 11 is 2.84. The molecule has 0 aliphatic heterocycles. The van der Waals surface area contributed by atoms with Crippen molar-refractivity contribution in [3.05, 3.63) is 16.2 Å². The fourth-order valence-corrected chi connectivity index (χ4v) is 1.91. The third-order valence-electron chi connectivity index (χ3n) is 1.51. The number of hydrogen-bond acceptors (Lipinski definition) is 4. The van der Waals surface area contributed by atoms with Gasteiger partial charge in [-0.15, -0.1) is 0 Å². The Morgan fingerprint density at radius 2 is 2.00 bits per heavy atom. The van der Waals surface area contributed by atoms with E-state index in [2.05, 4.69) is 20.9 Å². The monoisotopic (exact) mass is 301 g/mol. The van der Waals surface area contributed by atoms with Crippen LogP contribution in [0.5, 0.6) is 0 Å². The number of alkyl halides is 2. The highest BCUT2D eigenvalue weighted by atomic mass is 79.9. The predicted octanol–water partition coefficient (Wildman–Crippen LogP) is 1.01. The second-order valence-corrected chi connectivity index (χ2v) is 4.95. The van der Waals surface area contributed by atoms with Crippen LogP contribution in [-0.4, -0.2) is 13.4 Å². The van der Waals surface area contributed by atoms with Gasteiger partial charge in [0.2, 0.25) is 0 Å². The molecule has 1 aromatic heterocycles. The van der Waals surface area contributed by atoms with E-state index in [0.29, 0.717) is 0 Å². The molecule has 15 heavy (non-hydrogen) atoms. The summed E-state index contributed by atoms with van der Waals surface area (Å²) in [7, 11) is -4.13. The van der Waals surface area contributed by atoms with Gasteiger partial charge in [-0.1, -0.05) is 0 Å². The molecule has 0 bridgehead atoms. The van der Waals surface area contributed by atoms with Crippen molar-refractivity contribution in [2.45, 2.75) is 11.5 Å². The smallest absolute Gasteiger partial charge is 0.282 e. The molecular formula is C6H6BrF2N3O2S. The summed E-state index contributed by atoms with van der Waals surface area (Å²) in [4.78, 5) is 3.19. The Morgan fingerprint density at radius 3 is 2.40 bits per heavy atom. The minimum atomic E-state index is -4.13. The highest BCUT2D eigenvalue weighted by Crippen LogP contribution is 2.30. The molecule has 0 saturated carbocycles. The molecule has 1 aromatic rings. The maximum absolute atomic E-state index is 12.4. The van der Waals surface area contributed by atoms with Crippen LogP contribution in [0.25, 0.3) is 0 Å². The maximum atomic E-state index is 12.4. The molecular weight excluding hydrogens is 296 g/mol. The molecule has 84 valence electrons. The van der Waals surface area contributed by atoms with Crippen molar-refractivity contribution >= 4 is 31.6 Å². The number of nitrogens with zero attached hydrogens (tertiary/aromatic N) is 1. The molecule has 0 radical (unpaired) electrons. The number of sulfonamides is 1. The first-order valence-electron chi connectivity index (χ1n) is 3.50. The minimum absolute atomic E-state index is 0.0109. The summed E-state index contributed by atoms with van der Waals surface area (Å²) in [6, 6.07) is 0.969. The van der Waals surface area contributed by atoms with Crippen molar-refractivity contribution in [2.24, 2.45) is 5.14 Å². The maximum Gasteiger partial charge on any atom is 0.282 e. The molecule has 0 aliphatic carbocycles. The topological polar surface area (TPSA) is 99.1 Å². The Bertz CT molecular complexity index is 491. The second-order valence-electron chi connectivity index (χ2n) is 2.59. The van der Waals surface area contributed by atoms with Crippen LogP contribution >= 0.6 is 15.9 Å². The SMILES string of the molecule is Nc1c(Br)cc(S(N)(=O)=O)nc1C(F)F. The van der Waals surface area contributed by atoms with Crippen LogP contribution in [0.1, 0.15) is 12.1 Å². The van der Waals surface area contributed by atoms with Gasteiger partial charge in [0.1, 0.15) is 5.69 Å². The van der Waals surface area contributed by atoms with Crippen LogP contribution in [0.2, 0.25) is 0 Å². The Balaban J connectivity index is 3.50. The molecule has 0 atom stereocenters. The van der Waals surface area contributed by atoms with Gasteiger partial charge in [-0.05, 0) is 22.0 Å². The average Bonchev–Trinajstić information content (AvgIpc) is 2.06. The molecule has 0 aliphatic rings. The first-order chi connectivity index (χ1) is 6.73. The summed E-state index contributed by atoms with van der Waals surface area (Å²) in [5.74, 6) is 0. The van der Waals surface area contributed by atoms with Gasteiger partial charge in [-0.25, -0.2) is 27.3 Å². The molecule has 0 unspecified atom stereocenters. The lowest BCUT2D eigenvalue weighted by atomic mass is 10.3. The van der Waals surface area contributed by atoms with Crippen molar-refractivity contribution in [2.75, 3.05) is 5.73 Å². The lowest BCUT2D eigenvalue weighted by molar-refractivity contribution is 0.146. The molecule has 1 heterocycles. The molecule has 0 amide bonds. The number of rotatable bonds is 2. The summed E-state index contributed by atoms with van der Waals surface area (Å²) < 4.78 is 46.5. The fourth-order valence-electron chi connectivity index (χ4n) is 0.832. The van der Waals surface area contributed by atoms with E-state index >= 15 is 0 Å². The summed E-state index contributed by atoms with van der Waals surface area (Å²) in [6.45, 7) is 0. The van der Waals surface area contributed by atoms with Crippen molar-refractivity contribution < 1.29 is 17.2 Å². The van der Waals surface area contributed by atoms with Crippen LogP contribution in [0, 0.1) is 0 Å². The van der Waals surface area contributed by atoms with E-state index in [4.69, 9.17) is 10.9 Å². The molecule has 0 spiro atoms. The van der Waals surface area contributed by atoms with E-state index in [9.17, 15) is 17.2 Å². The molecule has 5 nitrogen and oxygen atoms in total. The van der Waals surface area contributed by atoms with Gasteiger partial charge in [0.25, 0.3) is 16.4 Å². The number of hydrogen-bond donors (Lipinski definition) is 2. The lowest BCUT2D eigenvalue weighted by Crippen LogP contribution is -2.16. The normalized spacial score (nSPS) is 12.1. The fraction of sp³-hybridized carbons (Fsp3) is 0.167. The zero-order valence-electron chi connectivity index (χ0n) is 7.12. The third-order valence-corrected chi connectivity index (χ3v) is 2.96. The van der Waals surface area contributed by atoms with Crippen LogP contribution in [0.3, 0.4) is 0 Å². The van der Waals surface area contributed by atoms with Crippen LogP contribution in [0.4, 0.5) is 14.5 Å². The third kappa shape index (κ3) is 2.61. The standard InChI is InChI=1S/C6H6BrF2N3O2S/c7-2-1-3(15(11,13)14)12-5(4(2)10)6(8)9/h1,6H,10H2,(H2,11,13,14). The van der Waals surface area contributed by atoms with E-state index in [1.54, 1.807) is 0 Å². The Morgan fingerprint density at radius 1 is 1.47 bits per heavy atom. The molecule has 0 aromatic carbocycles. The van der Waals surface area contributed by atoms with E-state index in [1.807, 2.05) is 0 Å². The minimum Gasteiger partial charge on any atom is -0.396 e. The Hall–Kier alpha value is -0.800.